The van der Waals surface area contributed by atoms with E-state index in [0.29, 0.717) is 24.5 Å². The molecule has 2 aromatic rings. The van der Waals surface area contributed by atoms with Crippen LogP contribution in [0.1, 0.15) is 23.8 Å². The Labute approximate surface area is 195 Å². The van der Waals surface area contributed by atoms with Crippen LogP contribution in [0.15, 0.2) is 29.8 Å². The van der Waals surface area contributed by atoms with Crippen molar-refractivity contribution < 1.29 is 26.5 Å². The second kappa shape index (κ2) is 9.62. The highest BCUT2D eigenvalue weighted by Crippen LogP contribution is 2.36. The lowest BCUT2D eigenvalue weighted by Crippen LogP contribution is -2.36. The number of rotatable bonds is 7. The zero-order chi connectivity index (χ0) is 23.6. The number of piperidine rings is 1. The maximum atomic E-state index is 15.0. The van der Waals surface area contributed by atoms with Crippen molar-refractivity contribution in [1.29, 1.82) is 5.26 Å². The number of nitrogens with zero attached hydrogens (tertiary/aromatic N) is 4. The fraction of sp³-hybridized carbons (Fsp3) is 0.476. The number of hydrogen-bond acceptors (Lipinski definition) is 9. The average molecular weight is 495 g/mol. The number of carbonyl (C=O) groups excluding carboxylic acids is 1. The van der Waals surface area contributed by atoms with E-state index in [1.54, 1.807) is 18.3 Å². The second-order valence-corrected chi connectivity index (χ2v) is 10.6. The van der Waals surface area contributed by atoms with E-state index >= 15 is 0 Å². The first-order valence-corrected chi connectivity index (χ1v) is 13.1. The smallest absolute Gasteiger partial charge is 0.414 e. The molecule has 9 nitrogen and oxygen atoms in total. The average Bonchev–Trinajstić information content (AvgIpc) is 3.43. The number of cyclic esters (lactones) is 1. The molecule has 1 aromatic heterocycles. The van der Waals surface area contributed by atoms with Gasteiger partial charge in [0.25, 0.3) is 10.1 Å². The minimum Gasteiger partial charge on any atom is -0.441 e. The number of carbonyl (C=O) groups is 1. The van der Waals surface area contributed by atoms with Crippen LogP contribution in [-0.4, -0.2) is 58.1 Å². The summed E-state index contributed by atoms with van der Waals surface area (Å²) in [6.07, 6.45) is 2.67. The van der Waals surface area contributed by atoms with E-state index in [1.807, 2.05) is 10.3 Å². The Balaban J connectivity index is 1.38. The number of thiazole rings is 1. The fourth-order valence-electron chi connectivity index (χ4n) is 4.16. The molecule has 0 radical (unpaired) electrons. The van der Waals surface area contributed by atoms with Crippen LogP contribution in [0.4, 0.5) is 20.6 Å². The van der Waals surface area contributed by atoms with Crippen molar-refractivity contribution in [3.63, 3.8) is 0 Å². The number of halogens is 1. The first-order chi connectivity index (χ1) is 15.7. The zero-order valence-electron chi connectivity index (χ0n) is 17.9. The third-order valence-corrected chi connectivity index (χ3v) is 7.22. The Morgan fingerprint density at radius 3 is 2.76 bits per heavy atom. The monoisotopic (exact) mass is 494 g/mol. The molecular weight excluding hydrogens is 471 g/mol. The van der Waals surface area contributed by atoms with Crippen molar-refractivity contribution in [2.75, 3.05) is 42.3 Å². The highest BCUT2D eigenvalue weighted by molar-refractivity contribution is 7.85. The lowest BCUT2D eigenvalue weighted by molar-refractivity contribution is 0.107. The highest BCUT2D eigenvalue weighted by Gasteiger charge is 2.34. The molecule has 1 amide bonds. The molecule has 1 unspecified atom stereocenters. The minimum atomic E-state index is -3.66. The van der Waals surface area contributed by atoms with E-state index in [2.05, 4.69) is 15.2 Å². The Morgan fingerprint density at radius 1 is 1.39 bits per heavy atom. The number of benzene rings is 1. The maximum Gasteiger partial charge on any atom is 0.414 e. The van der Waals surface area contributed by atoms with Crippen molar-refractivity contribution in [2.24, 2.45) is 5.92 Å². The summed E-state index contributed by atoms with van der Waals surface area (Å²) >= 11 is 1.48. The van der Waals surface area contributed by atoms with Crippen molar-refractivity contribution in [3.05, 3.63) is 40.6 Å². The van der Waals surface area contributed by atoms with Gasteiger partial charge in [0.2, 0.25) is 0 Å². The van der Waals surface area contributed by atoms with Crippen LogP contribution in [-0.2, 0) is 19.0 Å². The zero-order valence-corrected chi connectivity index (χ0v) is 19.5. The first kappa shape index (κ1) is 23.4. The molecule has 2 aliphatic rings. The van der Waals surface area contributed by atoms with Crippen LogP contribution in [0.5, 0.6) is 0 Å². The van der Waals surface area contributed by atoms with Gasteiger partial charge in [-0.05, 0) is 37.0 Å². The predicted octanol–water partition coefficient (Wildman–Crippen LogP) is 3.11. The van der Waals surface area contributed by atoms with Crippen LogP contribution in [0, 0.1) is 23.1 Å². The molecule has 2 fully saturated rings. The van der Waals surface area contributed by atoms with Gasteiger partial charge in [-0.25, -0.2) is 14.2 Å². The Kier molecular flexibility index (Phi) is 6.83. The predicted molar refractivity (Wildman–Crippen MR) is 120 cm³/mol. The molecule has 1 aromatic carbocycles. The standard InChI is InChI=1S/C21H23FN4O5S2/c1-33(28,29)30-13-16-12-26(21(27)31-16)15-2-3-19(18(22)10-15)25-7-4-14(5-8-25)17(11-23)20-24-6-9-32-20/h2-3,6,9-10,14,16-17H,4-5,7-8,12-13H2,1H3/t16-,17?/m1/s1. The lowest BCUT2D eigenvalue weighted by Gasteiger charge is -2.35. The summed E-state index contributed by atoms with van der Waals surface area (Å²) in [5.41, 5.74) is 0.760. The molecule has 0 N–H and O–H groups in total. The molecule has 176 valence electrons. The lowest BCUT2D eigenvalue weighted by atomic mass is 9.85. The number of ether oxygens (including phenoxy) is 1. The largest absolute Gasteiger partial charge is 0.441 e. The van der Waals surface area contributed by atoms with Crippen molar-refractivity contribution in [1.82, 2.24) is 4.98 Å². The highest BCUT2D eigenvalue weighted by atomic mass is 32.2. The second-order valence-electron chi connectivity index (χ2n) is 8.04. The Morgan fingerprint density at radius 2 is 2.15 bits per heavy atom. The SMILES string of the molecule is CS(=O)(=O)OC[C@H]1CN(c2ccc(N3CCC(C(C#N)c4nccs4)CC3)c(F)c2)C(=O)O1. The van der Waals surface area contributed by atoms with Gasteiger partial charge in [-0.3, -0.25) is 9.08 Å². The van der Waals surface area contributed by atoms with Crippen molar-refractivity contribution in [3.8, 4) is 6.07 Å². The number of nitriles is 1. The van der Waals surface area contributed by atoms with Gasteiger partial charge < -0.3 is 9.64 Å². The third kappa shape index (κ3) is 5.43. The van der Waals surface area contributed by atoms with Crippen molar-refractivity contribution in [2.45, 2.75) is 24.9 Å². The number of hydrogen-bond donors (Lipinski definition) is 0. The van der Waals surface area contributed by atoms with Gasteiger partial charge in [0, 0.05) is 24.7 Å². The summed E-state index contributed by atoms with van der Waals surface area (Å²) in [5.74, 6) is -0.545. The summed E-state index contributed by atoms with van der Waals surface area (Å²) in [4.78, 5) is 19.6. The topological polar surface area (TPSA) is 113 Å². The summed E-state index contributed by atoms with van der Waals surface area (Å²) in [7, 11) is -3.66. The molecule has 2 saturated heterocycles. The minimum absolute atomic E-state index is 0.0604. The van der Waals surface area contributed by atoms with Gasteiger partial charge in [0.1, 0.15) is 29.5 Å². The quantitative estimate of drug-likeness (QED) is 0.540. The van der Waals surface area contributed by atoms with Crippen LogP contribution >= 0.6 is 11.3 Å². The summed E-state index contributed by atoms with van der Waals surface area (Å²) < 4.78 is 47.1. The molecule has 0 spiro atoms. The Bertz CT molecular complexity index is 1140. The van der Waals surface area contributed by atoms with Gasteiger partial charge in [0.15, 0.2) is 0 Å². The van der Waals surface area contributed by atoms with Gasteiger partial charge in [0.05, 0.1) is 30.2 Å². The van der Waals surface area contributed by atoms with E-state index in [1.165, 1.54) is 22.3 Å². The van der Waals surface area contributed by atoms with E-state index in [4.69, 9.17) is 4.74 Å². The molecule has 12 heteroatoms. The van der Waals surface area contributed by atoms with Crippen LogP contribution in [0.2, 0.25) is 0 Å². The van der Waals surface area contributed by atoms with Crippen LogP contribution in [0.25, 0.3) is 0 Å². The number of amides is 1. The summed E-state index contributed by atoms with van der Waals surface area (Å²) in [6.45, 7) is 0.994. The fourth-order valence-corrected chi connectivity index (χ4v) is 5.34. The molecule has 4 rings (SSSR count). The van der Waals surface area contributed by atoms with E-state index < -0.39 is 28.1 Å². The van der Waals surface area contributed by atoms with Gasteiger partial charge in [-0.15, -0.1) is 11.3 Å². The number of aromatic nitrogens is 1. The Hall–Kier alpha value is -2.75. The van der Waals surface area contributed by atoms with Gasteiger partial charge in [-0.2, -0.15) is 13.7 Å². The molecule has 2 atom stereocenters. The third-order valence-electron chi connectivity index (χ3n) is 5.79. The van der Waals surface area contributed by atoms with Crippen molar-refractivity contribution >= 4 is 38.9 Å². The molecule has 2 aliphatic heterocycles. The number of anilines is 2. The molecule has 33 heavy (non-hydrogen) atoms. The molecular formula is C21H23FN4O5S2. The first-order valence-electron chi connectivity index (χ1n) is 10.4. The molecule has 0 bridgehead atoms. The van der Waals surface area contributed by atoms with E-state index in [-0.39, 0.29) is 25.0 Å². The summed E-state index contributed by atoms with van der Waals surface area (Å²) in [6, 6.07) is 6.91. The normalized spacial score (nSPS) is 20.5. The molecule has 3 heterocycles. The van der Waals surface area contributed by atoms with Gasteiger partial charge in [-0.1, -0.05) is 0 Å². The van der Waals surface area contributed by atoms with E-state index in [0.717, 1.165) is 24.1 Å². The molecule has 0 aliphatic carbocycles. The summed E-state index contributed by atoms with van der Waals surface area (Å²) in [5, 5.41) is 12.3. The molecule has 0 saturated carbocycles. The van der Waals surface area contributed by atoms with E-state index in [9.17, 15) is 22.9 Å². The van der Waals surface area contributed by atoms with Crippen LogP contribution in [0.3, 0.4) is 0 Å². The van der Waals surface area contributed by atoms with Crippen LogP contribution < -0.4 is 9.80 Å². The maximum absolute atomic E-state index is 15.0. The van der Waals surface area contributed by atoms with Gasteiger partial charge >= 0.3 is 6.09 Å².